The number of imidazole rings is 1. The van der Waals surface area contributed by atoms with E-state index in [0.717, 1.165) is 11.4 Å². The molecule has 0 aliphatic carbocycles. The third-order valence-corrected chi connectivity index (χ3v) is 3.49. The van der Waals surface area contributed by atoms with E-state index in [1.54, 1.807) is 12.3 Å². The number of hydrogen-bond donors (Lipinski definition) is 0. The molecule has 0 radical (unpaired) electrons. The number of halogens is 1. The summed E-state index contributed by atoms with van der Waals surface area (Å²) >= 11 is 6.14. The molecule has 3 nitrogen and oxygen atoms in total. The number of carbonyl (C=O) groups is 1. The molecule has 0 saturated carbocycles. The Bertz CT molecular complexity index is 575. The summed E-state index contributed by atoms with van der Waals surface area (Å²) in [5.74, 6) is 0.971. The van der Waals surface area contributed by atoms with Crippen LogP contribution in [0.2, 0.25) is 5.02 Å². The van der Waals surface area contributed by atoms with Crippen molar-refractivity contribution < 1.29 is 4.79 Å². The van der Waals surface area contributed by atoms with Gasteiger partial charge in [0.1, 0.15) is 5.82 Å². The van der Waals surface area contributed by atoms with Crippen LogP contribution in [0.25, 0.3) is 0 Å². The molecule has 2 aromatic rings. The van der Waals surface area contributed by atoms with Crippen molar-refractivity contribution in [3.63, 3.8) is 0 Å². The lowest BCUT2D eigenvalue weighted by atomic mass is 10.0. The lowest BCUT2D eigenvalue weighted by Crippen LogP contribution is -2.05. The van der Waals surface area contributed by atoms with Gasteiger partial charge in [0.2, 0.25) is 0 Å². The van der Waals surface area contributed by atoms with E-state index in [1.807, 2.05) is 36.9 Å². The van der Waals surface area contributed by atoms with Crippen molar-refractivity contribution in [3.8, 4) is 0 Å². The standard InChI is InChI=1S/C14H15ClN2O/c1-10-4-3-5-11(14(10)15)12(18)6-7-13-16-8-9-17(13)2/h3-5,8-9H,6-7H2,1-2H3. The minimum Gasteiger partial charge on any atom is -0.338 e. The van der Waals surface area contributed by atoms with Gasteiger partial charge in [-0.05, 0) is 18.6 Å². The van der Waals surface area contributed by atoms with Crippen molar-refractivity contribution in [2.45, 2.75) is 19.8 Å². The van der Waals surface area contributed by atoms with Crippen LogP contribution >= 0.6 is 11.6 Å². The van der Waals surface area contributed by atoms with Crippen LogP contribution in [0.5, 0.6) is 0 Å². The largest absolute Gasteiger partial charge is 0.338 e. The van der Waals surface area contributed by atoms with Gasteiger partial charge in [0.15, 0.2) is 5.78 Å². The molecule has 4 heteroatoms. The van der Waals surface area contributed by atoms with Gasteiger partial charge in [0, 0.05) is 37.8 Å². The average Bonchev–Trinajstić information content (AvgIpc) is 2.75. The van der Waals surface area contributed by atoms with E-state index in [9.17, 15) is 4.79 Å². The number of ketones is 1. The number of hydrogen-bond acceptors (Lipinski definition) is 2. The summed E-state index contributed by atoms with van der Waals surface area (Å²) < 4.78 is 1.92. The lowest BCUT2D eigenvalue weighted by molar-refractivity contribution is 0.0982. The fraction of sp³-hybridized carbons (Fsp3) is 0.286. The first-order valence-corrected chi connectivity index (χ1v) is 6.22. The predicted molar refractivity (Wildman–Crippen MR) is 72.0 cm³/mol. The minimum absolute atomic E-state index is 0.0618. The number of Topliss-reactive ketones (excluding diaryl/α,β-unsaturated/α-hetero) is 1. The smallest absolute Gasteiger partial charge is 0.164 e. The fourth-order valence-electron chi connectivity index (χ4n) is 1.86. The number of carbonyl (C=O) groups excluding carboxylic acids is 1. The maximum Gasteiger partial charge on any atom is 0.164 e. The summed E-state index contributed by atoms with van der Waals surface area (Å²) in [6.07, 6.45) is 4.67. The van der Waals surface area contributed by atoms with Gasteiger partial charge in [0.05, 0.1) is 5.02 Å². The molecule has 0 aliphatic rings. The molecule has 18 heavy (non-hydrogen) atoms. The van der Waals surface area contributed by atoms with E-state index in [2.05, 4.69) is 4.98 Å². The number of aromatic nitrogens is 2. The third-order valence-electron chi connectivity index (χ3n) is 2.99. The highest BCUT2D eigenvalue weighted by Gasteiger charge is 2.12. The molecule has 0 spiro atoms. The Labute approximate surface area is 111 Å². The van der Waals surface area contributed by atoms with E-state index >= 15 is 0 Å². The van der Waals surface area contributed by atoms with Gasteiger partial charge >= 0.3 is 0 Å². The summed E-state index contributed by atoms with van der Waals surface area (Å²) in [4.78, 5) is 16.3. The zero-order valence-electron chi connectivity index (χ0n) is 10.5. The highest BCUT2D eigenvalue weighted by atomic mass is 35.5. The van der Waals surface area contributed by atoms with Crippen molar-refractivity contribution in [2.75, 3.05) is 0 Å². The Kier molecular flexibility index (Phi) is 3.82. The fourth-order valence-corrected chi connectivity index (χ4v) is 2.09. The summed E-state index contributed by atoms with van der Waals surface area (Å²) in [6.45, 7) is 1.90. The topological polar surface area (TPSA) is 34.9 Å². The van der Waals surface area contributed by atoms with Crippen molar-refractivity contribution in [1.82, 2.24) is 9.55 Å². The zero-order chi connectivity index (χ0) is 13.1. The molecule has 94 valence electrons. The second kappa shape index (κ2) is 5.36. The maximum atomic E-state index is 12.1. The van der Waals surface area contributed by atoms with Crippen LogP contribution in [0, 0.1) is 6.92 Å². The first kappa shape index (κ1) is 12.8. The van der Waals surface area contributed by atoms with E-state index < -0.39 is 0 Å². The summed E-state index contributed by atoms with van der Waals surface area (Å²) in [5, 5.41) is 0.558. The zero-order valence-corrected chi connectivity index (χ0v) is 11.2. The molecule has 0 saturated heterocycles. The summed E-state index contributed by atoms with van der Waals surface area (Å²) in [5.41, 5.74) is 1.53. The average molecular weight is 263 g/mol. The van der Waals surface area contributed by atoms with Crippen molar-refractivity contribution in [3.05, 3.63) is 52.6 Å². The van der Waals surface area contributed by atoms with E-state index in [4.69, 9.17) is 11.6 Å². The molecule has 0 amide bonds. The van der Waals surface area contributed by atoms with Crippen LogP contribution < -0.4 is 0 Å². The first-order valence-electron chi connectivity index (χ1n) is 5.84. The third kappa shape index (κ3) is 2.62. The van der Waals surface area contributed by atoms with Gasteiger partial charge in [-0.2, -0.15) is 0 Å². The van der Waals surface area contributed by atoms with Crippen LogP contribution in [0.4, 0.5) is 0 Å². The lowest BCUT2D eigenvalue weighted by Gasteiger charge is -2.06. The van der Waals surface area contributed by atoms with Gasteiger partial charge in [0.25, 0.3) is 0 Å². The molecule has 0 unspecified atom stereocenters. The van der Waals surface area contributed by atoms with Crippen molar-refractivity contribution in [1.29, 1.82) is 0 Å². The monoisotopic (exact) mass is 262 g/mol. The predicted octanol–water partition coefficient (Wildman–Crippen LogP) is 3.20. The van der Waals surface area contributed by atoms with Crippen LogP contribution in [-0.2, 0) is 13.5 Å². The Morgan fingerprint density at radius 1 is 1.44 bits per heavy atom. The molecule has 0 atom stereocenters. The van der Waals surface area contributed by atoms with Crippen LogP contribution in [-0.4, -0.2) is 15.3 Å². The molecule has 0 aliphatic heterocycles. The van der Waals surface area contributed by atoms with Gasteiger partial charge in [-0.15, -0.1) is 0 Å². The SMILES string of the molecule is Cc1cccc(C(=O)CCc2nccn2C)c1Cl. The minimum atomic E-state index is 0.0618. The van der Waals surface area contributed by atoms with Gasteiger partial charge in [-0.3, -0.25) is 4.79 Å². The quantitative estimate of drug-likeness (QED) is 0.793. The highest BCUT2D eigenvalue weighted by molar-refractivity contribution is 6.34. The molecule has 2 rings (SSSR count). The molecular weight excluding hydrogens is 248 g/mol. The molecule has 0 N–H and O–H groups in total. The van der Waals surface area contributed by atoms with Crippen molar-refractivity contribution in [2.24, 2.45) is 7.05 Å². The summed E-state index contributed by atoms with van der Waals surface area (Å²) in [6, 6.07) is 5.53. The number of aryl methyl sites for hydroxylation is 3. The van der Waals surface area contributed by atoms with Gasteiger partial charge < -0.3 is 4.57 Å². The van der Waals surface area contributed by atoms with Gasteiger partial charge in [-0.1, -0.05) is 23.7 Å². The Morgan fingerprint density at radius 2 is 2.22 bits per heavy atom. The van der Waals surface area contributed by atoms with E-state index in [1.165, 1.54) is 0 Å². The molecule has 0 bridgehead atoms. The number of nitrogens with zero attached hydrogens (tertiary/aromatic N) is 2. The molecular formula is C14H15ClN2O. The molecule has 1 heterocycles. The second-order valence-corrected chi connectivity index (χ2v) is 4.69. The van der Waals surface area contributed by atoms with E-state index in [0.29, 0.717) is 23.4 Å². The normalized spacial score (nSPS) is 10.6. The van der Waals surface area contributed by atoms with Crippen molar-refractivity contribution >= 4 is 17.4 Å². The number of rotatable bonds is 4. The van der Waals surface area contributed by atoms with Crippen LogP contribution in [0.3, 0.4) is 0 Å². The number of benzene rings is 1. The van der Waals surface area contributed by atoms with E-state index in [-0.39, 0.29) is 5.78 Å². The Morgan fingerprint density at radius 3 is 2.89 bits per heavy atom. The first-order chi connectivity index (χ1) is 8.59. The maximum absolute atomic E-state index is 12.1. The summed E-state index contributed by atoms with van der Waals surface area (Å²) in [7, 11) is 1.92. The molecule has 0 fully saturated rings. The van der Waals surface area contributed by atoms with Crippen LogP contribution in [0.15, 0.2) is 30.6 Å². The Hall–Kier alpha value is -1.61. The molecule has 1 aromatic carbocycles. The second-order valence-electron chi connectivity index (χ2n) is 4.31. The van der Waals surface area contributed by atoms with Crippen LogP contribution in [0.1, 0.15) is 28.2 Å². The highest BCUT2D eigenvalue weighted by Crippen LogP contribution is 2.22. The Balaban J connectivity index is 2.09. The van der Waals surface area contributed by atoms with Gasteiger partial charge in [-0.25, -0.2) is 4.98 Å². The molecule has 1 aromatic heterocycles.